The van der Waals surface area contributed by atoms with Gasteiger partial charge in [0.25, 0.3) is 0 Å². The molecule has 1 aliphatic heterocycles. The van der Waals surface area contributed by atoms with Crippen molar-refractivity contribution in [2.75, 3.05) is 26.3 Å². The van der Waals surface area contributed by atoms with E-state index in [4.69, 9.17) is 15.6 Å². The second kappa shape index (κ2) is 6.76. The molecule has 1 unspecified atom stereocenters. The molecule has 0 saturated carbocycles. The number of nitrogens with one attached hydrogen (secondary N) is 1. The first-order valence-electron chi connectivity index (χ1n) is 5.47. The standard InChI is InChI=1S/C10H20N2O3/c11-9(10(13)14)7-12-4-1-8-2-5-15-6-3-8/h8-9,12H,1-7,11H2,(H,13,14). The summed E-state index contributed by atoms with van der Waals surface area (Å²) in [5.74, 6) is -0.235. The van der Waals surface area contributed by atoms with Crippen molar-refractivity contribution < 1.29 is 14.6 Å². The Morgan fingerprint density at radius 2 is 2.20 bits per heavy atom. The molecular weight excluding hydrogens is 196 g/mol. The Bertz CT molecular complexity index is 193. The summed E-state index contributed by atoms with van der Waals surface area (Å²) in [6, 6.07) is -0.792. The monoisotopic (exact) mass is 216 g/mol. The molecule has 88 valence electrons. The normalized spacial score (nSPS) is 20.1. The number of hydrogen-bond acceptors (Lipinski definition) is 4. The molecule has 1 aliphatic rings. The van der Waals surface area contributed by atoms with E-state index in [1.165, 1.54) is 0 Å². The van der Waals surface area contributed by atoms with Gasteiger partial charge in [-0.2, -0.15) is 0 Å². The maximum absolute atomic E-state index is 10.4. The van der Waals surface area contributed by atoms with Gasteiger partial charge in [0.1, 0.15) is 6.04 Å². The van der Waals surface area contributed by atoms with E-state index in [2.05, 4.69) is 5.32 Å². The first-order chi connectivity index (χ1) is 7.20. The van der Waals surface area contributed by atoms with Crippen molar-refractivity contribution in [2.24, 2.45) is 11.7 Å². The Morgan fingerprint density at radius 1 is 1.53 bits per heavy atom. The van der Waals surface area contributed by atoms with Crippen LogP contribution in [0.2, 0.25) is 0 Å². The summed E-state index contributed by atoms with van der Waals surface area (Å²) >= 11 is 0. The van der Waals surface area contributed by atoms with E-state index >= 15 is 0 Å². The van der Waals surface area contributed by atoms with Crippen LogP contribution in [-0.4, -0.2) is 43.4 Å². The van der Waals surface area contributed by atoms with Gasteiger partial charge in [-0.1, -0.05) is 0 Å². The molecule has 0 spiro atoms. The molecule has 1 fully saturated rings. The van der Waals surface area contributed by atoms with Crippen molar-refractivity contribution in [1.82, 2.24) is 5.32 Å². The highest BCUT2D eigenvalue weighted by atomic mass is 16.5. The van der Waals surface area contributed by atoms with Crippen LogP contribution >= 0.6 is 0 Å². The van der Waals surface area contributed by atoms with Crippen molar-refractivity contribution in [1.29, 1.82) is 0 Å². The lowest BCUT2D eigenvalue weighted by Crippen LogP contribution is -2.40. The Kier molecular flexibility index (Phi) is 5.60. The fourth-order valence-corrected chi connectivity index (χ4v) is 1.69. The van der Waals surface area contributed by atoms with Crippen LogP contribution in [0.25, 0.3) is 0 Å². The van der Waals surface area contributed by atoms with Gasteiger partial charge in [0.15, 0.2) is 0 Å². The second-order valence-electron chi connectivity index (χ2n) is 3.99. The van der Waals surface area contributed by atoms with Crippen molar-refractivity contribution in [3.63, 3.8) is 0 Å². The zero-order valence-corrected chi connectivity index (χ0v) is 8.95. The maximum Gasteiger partial charge on any atom is 0.321 e. The highest BCUT2D eigenvalue weighted by molar-refractivity contribution is 5.73. The molecule has 1 heterocycles. The summed E-state index contributed by atoms with van der Waals surface area (Å²) in [6.07, 6.45) is 3.31. The summed E-state index contributed by atoms with van der Waals surface area (Å²) in [5, 5.41) is 11.6. The van der Waals surface area contributed by atoms with Crippen molar-refractivity contribution >= 4 is 5.97 Å². The van der Waals surface area contributed by atoms with E-state index in [0.29, 0.717) is 12.5 Å². The molecule has 0 aromatic carbocycles. The van der Waals surface area contributed by atoms with E-state index in [1.807, 2.05) is 0 Å². The van der Waals surface area contributed by atoms with Crippen LogP contribution in [0.1, 0.15) is 19.3 Å². The van der Waals surface area contributed by atoms with Crippen molar-refractivity contribution in [2.45, 2.75) is 25.3 Å². The number of carboxylic acid groups (broad SMARTS) is 1. The van der Waals surface area contributed by atoms with Gasteiger partial charge in [0.2, 0.25) is 0 Å². The van der Waals surface area contributed by atoms with Crippen LogP contribution in [0.4, 0.5) is 0 Å². The predicted molar refractivity (Wildman–Crippen MR) is 56.6 cm³/mol. The highest BCUT2D eigenvalue weighted by Gasteiger charge is 2.14. The number of nitrogens with two attached hydrogens (primary N) is 1. The van der Waals surface area contributed by atoms with E-state index in [1.54, 1.807) is 0 Å². The number of aliphatic carboxylic acids is 1. The Hall–Kier alpha value is -0.650. The number of hydrogen-bond donors (Lipinski definition) is 3. The second-order valence-corrected chi connectivity index (χ2v) is 3.99. The summed E-state index contributed by atoms with van der Waals surface area (Å²) in [5.41, 5.74) is 5.35. The van der Waals surface area contributed by atoms with Crippen LogP contribution in [-0.2, 0) is 9.53 Å². The third kappa shape index (κ3) is 5.11. The molecule has 0 amide bonds. The summed E-state index contributed by atoms with van der Waals surface area (Å²) in [4.78, 5) is 10.4. The molecule has 4 N–H and O–H groups in total. The lowest BCUT2D eigenvalue weighted by molar-refractivity contribution is -0.138. The van der Waals surface area contributed by atoms with Gasteiger partial charge in [-0.3, -0.25) is 4.79 Å². The third-order valence-corrected chi connectivity index (χ3v) is 2.75. The molecule has 15 heavy (non-hydrogen) atoms. The van der Waals surface area contributed by atoms with E-state index in [0.717, 1.165) is 39.0 Å². The van der Waals surface area contributed by atoms with Crippen LogP contribution in [0, 0.1) is 5.92 Å². The fraction of sp³-hybridized carbons (Fsp3) is 0.900. The predicted octanol–water partition coefficient (Wildman–Crippen LogP) is -0.195. The van der Waals surface area contributed by atoms with E-state index < -0.39 is 12.0 Å². The van der Waals surface area contributed by atoms with Gasteiger partial charge in [-0.15, -0.1) is 0 Å². The van der Waals surface area contributed by atoms with Gasteiger partial charge < -0.3 is 20.9 Å². The first-order valence-corrected chi connectivity index (χ1v) is 5.47. The average Bonchev–Trinajstić information content (AvgIpc) is 2.25. The highest BCUT2D eigenvalue weighted by Crippen LogP contribution is 2.17. The van der Waals surface area contributed by atoms with Gasteiger partial charge >= 0.3 is 5.97 Å². The van der Waals surface area contributed by atoms with Crippen LogP contribution in [0.3, 0.4) is 0 Å². The molecule has 0 aromatic rings. The Morgan fingerprint density at radius 3 is 2.80 bits per heavy atom. The number of rotatable bonds is 6. The summed E-state index contributed by atoms with van der Waals surface area (Å²) in [6.45, 7) is 2.91. The van der Waals surface area contributed by atoms with Gasteiger partial charge in [0.05, 0.1) is 0 Å². The zero-order chi connectivity index (χ0) is 11.1. The van der Waals surface area contributed by atoms with Gasteiger partial charge in [-0.05, 0) is 31.7 Å². The molecule has 1 atom stereocenters. The smallest absolute Gasteiger partial charge is 0.321 e. The lowest BCUT2D eigenvalue weighted by atomic mass is 9.97. The minimum atomic E-state index is -0.950. The van der Waals surface area contributed by atoms with Crippen LogP contribution in [0.15, 0.2) is 0 Å². The molecule has 0 aromatic heterocycles. The molecule has 5 heteroatoms. The summed E-state index contributed by atoms with van der Waals surface area (Å²) < 4.78 is 5.26. The first kappa shape index (κ1) is 12.4. The largest absolute Gasteiger partial charge is 0.480 e. The van der Waals surface area contributed by atoms with Crippen LogP contribution < -0.4 is 11.1 Å². The molecular formula is C10H20N2O3. The number of carbonyl (C=O) groups is 1. The zero-order valence-electron chi connectivity index (χ0n) is 8.95. The van der Waals surface area contributed by atoms with Gasteiger partial charge in [-0.25, -0.2) is 0 Å². The average molecular weight is 216 g/mol. The molecule has 1 saturated heterocycles. The van der Waals surface area contributed by atoms with Crippen molar-refractivity contribution in [3.8, 4) is 0 Å². The molecule has 0 radical (unpaired) electrons. The fourth-order valence-electron chi connectivity index (χ4n) is 1.69. The minimum absolute atomic E-state index is 0.346. The quantitative estimate of drug-likeness (QED) is 0.536. The summed E-state index contributed by atoms with van der Waals surface area (Å²) in [7, 11) is 0. The third-order valence-electron chi connectivity index (χ3n) is 2.75. The lowest BCUT2D eigenvalue weighted by Gasteiger charge is -2.22. The van der Waals surface area contributed by atoms with E-state index in [9.17, 15) is 4.79 Å². The molecule has 1 rings (SSSR count). The maximum atomic E-state index is 10.4. The topological polar surface area (TPSA) is 84.6 Å². The number of carboxylic acids is 1. The van der Waals surface area contributed by atoms with Crippen LogP contribution in [0.5, 0.6) is 0 Å². The minimum Gasteiger partial charge on any atom is -0.480 e. The Balaban J connectivity index is 1.98. The molecule has 5 nitrogen and oxygen atoms in total. The SMILES string of the molecule is NC(CNCCC1CCOCC1)C(=O)O. The van der Waals surface area contributed by atoms with Gasteiger partial charge in [0, 0.05) is 19.8 Å². The van der Waals surface area contributed by atoms with E-state index in [-0.39, 0.29) is 0 Å². The molecule has 0 bridgehead atoms. The Labute approximate surface area is 90.0 Å². The van der Waals surface area contributed by atoms with Crippen molar-refractivity contribution in [3.05, 3.63) is 0 Å². The molecule has 0 aliphatic carbocycles. The number of ether oxygens (including phenoxy) is 1.